The molecule has 0 fully saturated rings. The number of hydrogen-bond donors (Lipinski definition) is 2. The minimum absolute atomic E-state index is 0.0247. The highest BCUT2D eigenvalue weighted by molar-refractivity contribution is 7.89. The molecule has 0 aliphatic heterocycles. The van der Waals surface area contributed by atoms with Gasteiger partial charge in [0.05, 0.1) is 11.4 Å². The number of carbonyl (C=O) groups is 1. The van der Waals surface area contributed by atoms with Gasteiger partial charge < -0.3 is 10.1 Å². The Hall–Kier alpha value is -2.04. The summed E-state index contributed by atoms with van der Waals surface area (Å²) in [7, 11) is -3.75. The van der Waals surface area contributed by atoms with Crippen LogP contribution in [0.3, 0.4) is 0 Å². The van der Waals surface area contributed by atoms with E-state index in [1.165, 1.54) is 18.2 Å². The first-order chi connectivity index (χ1) is 8.84. The molecule has 3 N–H and O–H groups in total. The Bertz CT molecular complexity index is 617. The SMILES string of the molecule is C#CCNC(=O)COc1ccc(S(N)(=O)=O)c(C)c1. The fourth-order valence-electron chi connectivity index (χ4n) is 1.38. The average Bonchev–Trinajstić information content (AvgIpc) is 2.32. The van der Waals surface area contributed by atoms with Crippen LogP contribution in [0.1, 0.15) is 5.56 Å². The number of hydrogen-bond acceptors (Lipinski definition) is 4. The van der Waals surface area contributed by atoms with E-state index in [0.29, 0.717) is 11.3 Å². The molecule has 1 aromatic carbocycles. The maximum absolute atomic E-state index is 11.2. The molecule has 0 aliphatic rings. The third-order valence-electron chi connectivity index (χ3n) is 2.21. The molecule has 1 aromatic rings. The van der Waals surface area contributed by atoms with Crippen molar-refractivity contribution >= 4 is 15.9 Å². The summed E-state index contributed by atoms with van der Waals surface area (Å²) < 4.78 is 27.6. The summed E-state index contributed by atoms with van der Waals surface area (Å²) in [6.07, 6.45) is 4.99. The summed E-state index contributed by atoms with van der Waals surface area (Å²) in [5.74, 6) is 2.28. The van der Waals surface area contributed by atoms with Crippen molar-refractivity contribution in [1.82, 2.24) is 5.32 Å². The Morgan fingerprint density at radius 2 is 2.21 bits per heavy atom. The number of terminal acetylenes is 1. The molecule has 0 saturated heterocycles. The highest BCUT2D eigenvalue weighted by atomic mass is 32.2. The van der Waals surface area contributed by atoms with Gasteiger partial charge in [0.25, 0.3) is 5.91 Å². The lowest BCUT2D eigenvalue weighted by Gasteiger charge is -2.08. The summed E-state index contributed by atoms with van der Waals surface area (Å²) in [4.78, 5) is 11.3. The monoisotopic (exact) mass is 282 g/mol. The number of ether oxygens (including phenoxy) is 1. The number of nitrogens with one attached hydrogen (secondary N) is 1. The van der Waals surface area contributed by atoms with E-state index in [-0.39, 0.29) is 24.0 Å². The van der Waals surface area contributed by atoms with Gasteiger partial charge in [0, 0.05) is 0 Å². The zero-order valence-corrected chi connectivity index (χ0v) is 11.2. The topological polar surface area (TPSA) is 98.5 Å². The van der Waals surface area contributed by atoms with Crippen molar-refractivity contribution < 1.29 is 17.9 Å². The van der Waals surface area contributed by atoms with Crippen molar-refractivity contribution in [3.8, 4) is 18.1 Å². The van der Waals surface area contributed by atoms with E-state index >= 15 is 0 Å². The van der Waals surface area contributed by atoms with Crippen molar-refractivity contribution in [1.29, 1.82) is 0 Å². The lowest BCUT2D eigenvalue weighted by molar-refractivity contribution is -0.122. The summed E-state index contributed by atoms with van der Waals surface area (Å²) in [5, 5.41) is 7.47. The standard InChI is InChI=1S/C12H14N2O4S/c1-3-6-14-12(15)8-18-10-4-5-11(9(2)7-10)19(13,16)17/h1,4-5,7H,6,8H2,2H3,(H,14,15)(H2,13,16,17). The summed E-state index contributed by atoms with van der Waals surface area (Å²) >= 11 is 0. The minimum atomic E-state index is -3.75. The third kappa shape index (κ3) is 4.62. The zero-order valence-electron chi connectivity index (χ0n) is 10.3. The third-order valence-corrected chi connectivity index (χ3v) is 3.28. The Balaban J connectivity index is 2.70. The van der Waals surface area contributed by atoms with Crippen LogP contribution in [-0.2, 0) is 14.8 Å². The number of rotatable bonds is 5. The van der Waals surface area contributed by atoms with Crippen molar-refractivity contribution in [3.05, 3.63) is 23.8 Å². The molecular weight excluding hydrogens is 268 g/mol. The van der Waals surface area contributed by atoms with Gasteiger partial charge in [-0.1, -0.05) is 5.92 Å². The molecule has 0 bridgehead atoms. The first kappa shape index (κ1) is 15.0. The highest BCUT2D eigenvalue weighted by Gasteiger charge is 2.12. The van der Waals surface area contributed by atoms with E-state index in [1.807, 2.05) is 0 Å². The summed E-state index contributed by atoms with van der Waals surface area (Å²) in [6.45, 7) is 1.52. The van der Waals surface area contributed by atoms with E-state index in [9.17, 15) is 13.2 Å². The first-order valence-electron chi connectivity index (χ1n) is 5.31. The normalized spacial score (nSPS) is 10.6. The molecule has 0 saturated carbocycles. The number of amides is 1. The van der Waals surface area contributed by atoms with Crippen molar-refractivity contribution in [2.24, 2.45) is 5.14 Å². The molecule has 19 heavy (non-hydrogen) atoms. The van der Waals surface area contributed by atoms with Crippen molar-refractivity contribution in [2.75, 3.05) is 13.2 Å². The molecule has 1 rings (SSSR count). The van der Waals surface area contributed by atoms with Crippen molar-refractivity contribution in [3.63, 3.8) is 0 Å². The molecule has 0 unspecified atom stereocenters. The van der Waals surface area contributed by atoms with Gasteiger partial charge in [0.2, 0.25) is 10.0 Å². The van der Waals surface area contributed by atoms with Gasteiger partial charge in [-0.25, -0.2) is 13.6 Å². The summed E-state index contributed by atoms with van der Waals surface area (Å²) in [6, 6.07) is 4.26. The largest absolute Gasteiger partial charge is 0.484 e. The summed E-state index contributed by atoms with van der Waals surface area (Å²) in [5.41, 5.74) is 0.448. The van der Waals surface area contributed by atoms with Gasteiger partial charge in [-0.2, -0.15) is 0 Å². The molecule has 1 amide bonds. The molecule has 102 valence electrons. The first-order valence-corrected chi connectivity index (χ1v) is 6.85. The van der Waals surface area contributed by atoms with E-state index in [1.54, 1.807) is 6.92 Å². The molecule has 0 radical (unpaired) electrons. The van der Waals surface area contributed by atoms with Crippen LogP contribution in [0, 0.1) is 19.3 Å². The van der Waals surface area contributed by atoms with E-state index in [0.717, 1.165) is 0 Å². The van der Waals surface area contributed by atoms with Gasteiger partial charge in [0.1, 0.15) is 5.75 Å². The lowest BCUT2D eigenvalue weighted by atomic mass is 10.2. The fraction of sp³-hybridized carbons (Fsp3) is 0.250. The maximum atomic E-state index is 11.2. The van der Waals surface area contributed by atoms with Gasteiger partial charge in [-0.05, 0) is 30.7 Å². The van der Waals surface area contributed by atoms with Crippen LogP contribution in [0.5, 0.6) is 5.75 Å². The van der Waals surface area contributed by atoms with Crippen LogP contribution in [0.4, 0.5) is 0 Å². The highest BCUT2D eigenvalue weighted by Crippen LogP contribution is 2.19. The van der Waals surface area contributed by atoms with Gasteiger partial charge in [-0.15, -0.1) is 6.42 Å². The van der Waals surface area contributed by atoms with Crippen LogP contribution in [0.25, 0.3) is 0 Å². The molecule has 7 heteroatoms. The number of nitrogens with two attached hydrogens (primary N) is 1. The predicted molar refractivity (Wildman–Crippen MR) is 69.9 cm³/mol. The van der Waals surface area contributed by atoms with Gasteiger partial charge in [0.15, 0.2) is 6.61 Å². The second-order valence-electron chi connectivity index (χ2n) is 3.74. The molecule has 0 aliphatic carbocycles. The Morgan fingerprint density at radius 1 is 1.53 bits per heavy atom. The second kappa shape index (κ2) is 6.22. The molecule has 0 atom stereocenters. The lowest BCUT2D eigenvalue weighted by Crippen LogP contribution is -2.29. The number of sulfonamides is 1. The van der Waals surface area contributed by atoms with E-state index in [4.69, 9.17) is 16.3 Å². The number of benzene rings is 1. The Labute approximate surface area is 112 Å². The predicted octanol–water partition coefficient (Wildman–Crippen LogP) is -0.229. The van der Waals surface area contributed by atoms with Gasteiger partial charge in [-0.3, -0.25) is 4.79 Å². The molecule has 0 spiro atoms. The van der Waals surface area contributed by atoms with Crippen LogP contribution in [0.15, 0.2) is 23.1 Å². The number of aryl methyl sites for hydroxylation is 1. The molecular formula is C12H14N2O4S. The van der Waals surface area contributed by atoms with Crippen LogP contribution >= 0.6 is 0 Å². The quantitative estimate of drug-likeness (QED) is 0.729. The zero-order chi connectivity index (χ0) is 14.5. The smallest absolute Gasteiger partial charge is 0.258 e. The molecule has 0 aromatic heterocycles. The Kier molecular flexibility index (Phi) is 4.92. The second-order valence-corrected chi connectivity index (χ2v) is 5.27. The van der Waals surface area contributed by atoms with Crippen LogP contribution < -0.4 is 15.2 Å². The molecule has 6 nitrogen and oxygen atoms in total. The van der Waals surface area contributed by atoms with Gasteiger partial charge >= 0.3 is 0 Å². The Morgan fingerprint density at radius 3 is 2.74 bits per heavy atom. The fourth-order valence-corrected chi connectivity index (χ4v) is 2.15. The molecule has 0 heterocycles. The van der Waals surface area contributed by atoms with Crippen LogP contribution in [0.2, 0.25) is 0 Å². The van der Waals surface area contributed by atoms with E-state index in [2.05, 4.69) is 11.2 Å². The van der Waals surface area contributed by atoms with E-state index < -0.39 is 10.0 Å². The number of primary sulfonamides is 1. The minimum Gasteiger partial charge on any atom is -0.484 e. The number of carbonyl (C=O) groups excluding carboxylic acids is 1. The average molecular weight is 282 g/mol. The van der Waals surface area contributed by atoms with Crippen LogP contribution in [-0.4, -0.2) is 27.5 Å². The van der Waals surface area contributed by atoms with Crippen molar-refractivity contribution in [2.45, 2.75) is 11.8 Å². The maximum Gasteiger partial charge on any atom is 0.258 e.